The van der Waals surface area contributed by atoms with Crippen molar-refractivity contribution in [2.24, 2.45) is 0 Å². The van der Waals surface area contributed by atoms with Gasteiger partial charge in [-0.3, -0.25) is 24.1 Å². The van der Waals surface area contributed by atoms with Gasteiger partial charge in [0, 0.05) is 71.1 Å². The Bertz CT molecular complexity index is 1590. The smallest absolute Gasteiger partial charge is 0 e. The summed E-state index contributed by atoms with van der Waals surface area (Å²) in [6.07, 6.45) is 5.98. The first kappa shape index (κ1) is 58.6. The molecule has 0 aliphatic heterocycles. The predicted octanol–water partition coefficient (Wildman–Crippen LogP) is -1.08. The van der Waals surface area contributed by atoms with Crippen LogP contribution in [0.1, 0.15) is 50.2 Å². The molecular formula is C34H46N8O17Re. The van der Waals surface area contributed by atoms with Crippen molar-refractivity contribution in [1.82, 2.24) is 40.0 Å². The minimum atomic E-state index is -1.51. The molecule has 2 rings (SSSR count). The zero-order valence-corrected chi connectivity index (χ0v) is 34.7. The first-order valence-corrected chi connectivity index (χ1v) is 17.2. The number of carboxylic acids is 5. The Morgan fingerprint density at radius 2 is 1.13 bits per heavy atom. The van der Waals surface area contributed by atoms with E-state index in [-0.39, 0.29) is 105 Å². The van der Waals surface area contributed by atoms with Gasteiger partial charge in [-0.2, -0.15) is 0 Å². The molecule has 2 atom stereocenters. The average molecular weight is 1020 g/mol. The molecule has 60 heavy (non-hydrogen) atoms. The molecule has 331 valence electrons. The number of unbranched alkanes of at least 4 members (excludes halogenated alkanes) is 1. The van der Waals surface area contributed by atoms with Gasteiger partial charge in [0.25, 0.3) is 0 Å². The van der Waals surface area contributed by atoms with Crippen LogP contribution in [-0.4, -0.2) is 143 Å². The number of aromatic nitrogens is 4. The number of carbonyl (C=O) groups excluding carboxylic acids is 2. The standard InChI is InChI=1S/C31H46N8O14.3CO.Re/c40-25(34-7-2-1-3-21(29(47)48)35-31(51)36-22(30(49)50)4-5-26(41)42)6-13-52-15-16-53-14-12-37(17-23-32-8-10-38(23)19-27(43)44)18-24-33-9-11-39(24)20-28(45)46;3*1-2;/h8-11,21-22H,1-7,12-20H2,(H,34,40)(H,41,42)(H,43,44)(H,45,46)(H,47,48)(H,49,50)(H2,35,36,51);;;;/t21-,22-;;;;/m0..../s1. The number of imidazole rings is 2. The van der Waals surface area contributed by atoms with Crippen molar-refractivity contribution in [3.63, 3.8) is 0 Å². The van der Waals surface area contributed by atoms with Gasteiger partial charge in [-0.15, -0.1) is 0 Å². The van der Waals surface area contributed by atoms with Crippen LogP contribution >= 0.6 is 0 Å². The summed E-state index contributed by atoms with van der Waals surface area (Å²) in [5, 5.41) is 52.5. The van der Waals surface area contributed by atoms with Crippen LogP contribution in [0.4, 0.5) is 4.79 Å². The van der Waals surface area contributed by atoms with Crippen LogP contribution in [-0.2, 0) is 98.8 Å². The molecule has 2 heterocycles. The SMILES string of the molecule is O=C(O)CC[C@H](NC(=O)N[C@@H](CCCCNC(=O)CCOCCOCCN(Cc1nccn1CC(=O)O)Cc1nccn1CC(=O)O)C(=O)O)C(=O)O.[C-]#[O+].[C-]#[O+].[C-]#[O+].[Re]. The van der Waals surface area contributed by atoms with Gasteiger partial charge in [-0.1, -0.05) is 0 Å². The van der Waals surface area contributed by atoms with Gasteiger partial charge in [-0.25, -0.2) is 24.4 Å². The van der Waals surface area contributed by atoms with Crippen LogP contribution in [0.25, 0.3) is 0 Å². The summed E-state index contributed by atoms with van der Waals surface area (Å²) in [6, 6.07) is -3.90. The molecule has 0 spiro atoms. The first-order valence-electron chi connectivity index (χ1n) is 17.2. The van der Waals surface area contributed by atoms with Crippen molar-refractivity contribution in [2.45, 2.75) is 76.8 Å². The Labute approximate surface area is 356 Å². The van der Waals surface area contributed by atoms with E-state index >= 15 is 0 Å². The number of hydrogen-bond donors (Lipinski definition) is 8. The maximum absolute atomic E-state index is 12.1. The van der Waals surface area contributed by atoms with Crippen LogP contribution in [0.5, 0.6) is 0 Å². The summed E-state index contributed by atoms with van der Waals surface area (Å²) >= 11 is 0. The maximum Gasteiger partial charge on any atom is 0 e. The fraction of sp³-hybridized carbons (Fsp3) is 0.529. The van der Waals surface area contributed by atoms with Gasteiger partial charge in [0.1, 0.15) is 36.8 Å². The van der Waals surface area contributed by atoms with Crippen molar-refractivity contribution in [3.05, 3.63) is 56.4 Å². The fourth-order valence-electron chi connectivity index (χ4n) is 4.79. The molecule has 0 saturated heterocycles. The molecule has 2 aromatic rings. The number of amides is 3. The number of urea groups is 1. The van der Waals surface area contributed by atoms with Crippen molar-refractivity contribution >= 4 is 41.8 Å². The molecule has 0 bridgehead atoms. The van der Waals surface area contributed by atoms with Gasteiger partial charge in [0.2, 0.25) is 5.91 Å². The van der Waals surface area contributed by atoms with E-state index in [2.05, 4.69) is 45.9 Å². The number of ether oxygens (including phenoxy) is 2. The molecule has 1 radical (unpaired) electrons. The van der Waals surface area contributed by atoms with Gasteiger partial charge in [0.15, 0.2) is 0 Å². The zero-order valence-electron chi connectivity index (χ0n) is 32.0. The number of carboxylic acid groups (broad SMARTS) is 5. The monoisotopic (exact) mass is 1030 g/mol. The second kappa shape index (κ2) is 36.4. The van der Waals surface area contributed by atoms with Crippen LogP contribution in [0.2, 0.25) is 0 Å². The van der Waals surface area contributed by atoms with Crippen LogP contribution in [0.3, 0.4) is 0 Å². The molecule has 26 heteroatoms. The Kier molecular flexibility index (Phi) is 35.5. The molecule has 0 aliphatic rings. The van der Waals surface area contributed by atoms with E-state index in [1.165, 1.54) is 21.5 Å². The largest absolute Gasteiger partial charge is 0 e. The van der Waals surface area contributed by atoms with Gasteiger partial charge >= 0.3 is 69.8 Å². The second-order valence-electron chi connectivity index (χ2n) is 11.6. The van der Waals surface area contributed by atoms with Crippen molar-refractivity contribution < 1.29 is 103 Å². The number of aliphatic carboxylic acids is 5. The van der Waals surface area contributed by atoms with E-state index in [9.17, 15) is 48.9 Å². The summed E-state index contributed by atoms with van der Waals surface area (Å²) < 4.78 is 36.6. The molecule has 0 saturated carbocycles. The Morgan fingerprint density at radius 1 is 0.667 bits per heavy atom. The normalized spacial score (nSPS) is 10.8. The third kappa shape index (κ3) is 27.8. The number of nitrogens with zero attached hydrogens (tertiary/aromatic N) is 5. The number of nitrogens with one attached hydrogen (secondary N) is 3. The molecule has 3 amide bonds. The molecule has 0 aromatic carbocycles. The molecule has 25 nitrogen and oxygen atoms in total. The van der Waals surface area contributed by atoms with Gasteiger partial charge < -0.3 is 60.1 Å². The van der Waals surface area contributed by atoms with Crippen LogP contribution in [0.15, 0.2) is 24.8 Å². The molecule has 8 N–H and O–H groups in total. The molecule has 2 aromatic heterocycles. The quantitative estimate of drug-likeness (QED) is 0.0273. The predicted molar refractivity (Wildman–Crippen MR) is 190 cm³/mol. The van der Waals surface area contributed by atoms with E-state index in [4.69, 9.17) is 33.6 Å². The third-order valence-corrected chi connectivity index (χ3v) is 7.44. The van der Waals surface area contributed by atoms with Crippen molar-refractivity contribution in [2.75, 3.05) is 39.5 Å². The summed E-state index contributed by atoms with van der Waals surface area (Å²) in [5.41, 5.74) is 0. The molecular weight excluding hydrogens is 979 g/mol. The number of hydrogen-bond acceptors (Lipinski definition) is 12. The maximum atomic E-state index is 12.1. The fourth-order valence-corrected chi connectivity index (χ4v) is 4.79. The Morgan fingerprint density at radius 3 is 1.58 bits per heavy atom. The number of carbonyl (C=O) groups is 7. The van der Waals surface area contributed by atoms with E-state index in [0.717, 1.165) is 0 Å². The number of rotatable bonds is 29. The van der Waals surface area contributed by atoms with E-state index in [0.29, 0.717) is 31.0 Å². The molecule has 0 aliphatic carbocycles. The minimum absolute atomic E-state index is 0. The third-order valence-electron chi connectivity index (χ3n) is 7.44. The summed E-state index contributed by atoms with van der Waals surface area (Å²) in [4.78, 5) is 90.5. The average Bonchev–Trinajstić information content (AvgIpc) is 3.83. The van der Waals surface area contributed by atoms with Crippen LogP contribution < -0.4 is 16.0 Å². The molecule has 0 unspecified atom stereocenters. The van der Waals surface area contributed by atoms with Gasteiger partial charge in [-0.05, 0) is 25.7 Å². The zero-order chi connectivity index (χ0) is 45.2. The van der Waals surface area contributed by atoms with E-state index in [1.807, 2.05) is 4.90 Å². The van der Waals surface area contributed by atoms with Crippen molar-refractivity contribution in [3.8, 4) is 0 Å². The summed E-state index contributed by atoms with van der Waals surface area (Å²) in [5.74, 6) is -5.40. The first-order chi connectivity index (χ1) is 28.2. The van der Waals surface area contributed by atoms with Gasteiger partial charge in [0.05, 0.1) is 39.5 Å². The summed E-state index contributed by atoms with van der Waals surface area (Å²) in [7, 11) is 0. The second-order valence-corrected chi connectivity index (χ2v) is 11.6. The van der Waals surface area contributed by atoms with Crippen molar-refractivity contribution in [1.29, 1.82) is 0 Å². The van der Waals surface area contributed by atoms with E-state index < -0.39 is 54.4 Å². The Hall–Kier alpha value is -5.73. The minimum Gasteiger partial charge on any atom is 0 e. The summed E-state index contributed by atoms with van der Waals surface area (Å²) in [6.45, 7) is 14.8. The van der Waals surface area contributed by atoms with E-state index in [1.54, 1.807) is 12.4 Å². The van der Waals surface area contributed by atoms with Crippen LogP contribution in [0, 0.1) is 20.0 Å². The molecule has 0 fully saturated rings. The topological polar surface area (TPSA) is 374 Å². The Balaban J connectivity index is -0.00000443.